The van der Waals surface area contributed by atoms with E-state index in [1.807, 2.05) is 42.5 Å². The Morgan fingerprint density at radius 1 is 1.22 bits per heavy atom. The Bertz CT molecular complexity index is 936. The van der Waals surface area contributed by atoms with E-state index in [1.165, 1.54) is 0 Å². The van der Waals surface area contributed by atoms with Crippen molar-refractivity contribution in [3.63, 3.8) is 0 Å². The van der Waals surface area contributed by atoms with Gasteiger partial charge in [0.15, 0.2) is 0 Å². The lowest BCUT2D eigenvalue weighted by Crippen LogP contribution is -2.35. The van der Waals surface area contributed by atoms with Crippen molar-refractivity contribution in [2.45, 2.75) is 25.0 Å². The van der Waals surface area contributed by atoms with E-state index in [0.29, 0.717) is 5.69 Å². The molecule has 2 heterocycles. The lowest BCUT2D eigenvalue weighted by Gasteiger charge is -2.31. The van der Waals surface area contributed by atoms with Crippen molar-refractivity contribution in [1.29, 1.82) is 0 Å². The van der Waals surface area contributed by atoms with E-state index < -0.39 is 0 Å². The normalized spacial score (nSPS) is 16.9. The van der Waals surface area contributed by atoms with Crippen LogP contribution in [0.25, 0.3) is 21.5 Å². The second-order valence-electron chi connectivity index (χ2n) is 6.94. The minimum atomic E-state index is -0.334. The number of nitrogens with one attached hydrogen (secondary N) is 1. The van der Waals surface area contributed by atoms with Gasteiger partial charge in [-0.2, -0.15) is 0 Å². The lowest BCUT2D eigenvalue weighted by molar-refractivity contribution is -0.0264. The van der Waals surface area contributed by atoms with Gasteiger partial charge in [-0.15, -0.1) is 0 Å². The van der Waals surface area contributed by atoms with Gasteiger partial charge in [-0.25, -0.2) is 4.98 Å². The summed E-state index contributed by atoms with van der Waals surface area (Å²) >= 11 is 0. The molecule has 0 spiro atoms. The largest absolute Gasteiger partial charge is 0.362 e. The fourth-order valence-corrected chi connectivity index (χ4v) is 3.51. The topological polar surface area (TPSA) is 89.9 Å². The van der Waals surface area contributed by atoms with Gasteiger partial charge >= 0.3 is 0 Å². The molecule has 27 heavy (non-hydrogen) atoms. The fraction of sp³-hybridized carbons (Fsp3) is 0.350. The van der Waals surface area contributed by atoms with Gasteiger partial charge in [0.05, 0.1) is 17.1 Å². The van der Waals surface area contributed by atoms with Crippen LogP contribution >= 0.6 is 0 Å². The first-order valence-electron chi connectivity index (χ1n) is 9.16. The summed E-state index contributed by atoms with van der Waals surface area (Å²) in [5.74, 6) is 0.771. The summed E-state index contributed by atoms with van der Waals surface area (Å²) in [5, 5.41) is 3.73. The molecule has 7 nitrogen and oxygen atoms in total. The van der Waals surface area contributed by atoms with Crippen molar-refractivity contribution in [1.82, 2.24) is 14.9 Å². The van der Waals surface area contributed by atoms with E-state index in [0.717, 1.165) is 48.4 Å². The molecule has 1 unspecified atom stereocenters. The van der Waals surface area contributed by atoms with Crippen LogP contribution in [0, 0.1) is 0 Å². The molecular formula is C20H22N6O. The Morgan fingerprint density at radius 3 is 2.81 bits per heavy atom. The number of rotatable bonds is 5. The summed E-state index contributed by atoms with van der Waals surface area (Å²) in [7, 11) is 2.14. The third-order valence-corrected chi connectivity index (χ3v) is 4.98. The van der Waals surface area contributed by atoms with Crippen molar-refractivity contribution in [2.24, 2.45) is 5.11 Å². The van der Waals surface area contributed by atoms with Gasteiger partial charge in [0, 0.05) is 23.7 Å². The smallest absolute Gasteiger partial charge is 0.141 e. The molecule has 1 saturated heterocycles. The van der Waals surface area contributed by atoms with Crippen LogP contribution in [0.15, 0.2) is 53.6 Å². The van der Waals surface area contributed by atoms with E-state index in [-0.39, 0.29) is 12.2 Å². The molecule has 0 radical (unpaired) electrons. The number of ether oxygens (including phenoxy) is 1. The van der Waals surface area contributed by atoms with Crippen molar-refractivity contribution < 1.29 is 4.74 Å². The number of benzene rings is 2. The van der Waals surface area contributed by atoms with Crippen LogP contribution in [0.4, 0.5) is 5.69 Å². The van der Waals surface area contributed by atoms with Crippen LogP contribution in [0.2, 0.25) is 0 Å². The van der Waals surface area contributed by atoms with Crippen molar-refractivity contribution in [3.05, 3.63) is 70.4 Å². The van der Waals surface area contributed by atoms with Gasteiger partial charge in [-0.3, -0.25) is 0 Å². The number of nitrogens with zero attached hydrogens (tertiary/aromatic N) is 5. The maximum atomic E-state index is 8.75. The van der Waals surface area contributed by atoms with Crippen molar-refractivity contribution >= 4 is 16.7 Å². The maximum Gasteiger partial charge on any atom is 0.141 e. The SMILES string of the molecule is CN1CCC(OC(c2cccc(N=[N+]=[N-])c2)c2nc3ccccc3[nH]2)CC1. The molecule has 138 valence electrons. The number of hydrogen-bond donors (Lipinski definition) is 1. The number of H-pyrrole nitrogens is 1. The Kier molecular flexibility index (Phi) is 5.07. The zero-order valence-corrected chi connectivity index (χ0v) is 15.2. The van der Waals surface area contributed by atoms with E-state index in [2.05, 4.69) is 27.0 Å². The van der Waals surface area contributed by atoms with Crippen LogP contribution in [0.3, 0.4) is 0 Å². The van der Waals surface area contributed by atoms with Gasteiger partial charge in [0.25, 0.3) is 0 Å². The minimum absolute atomic E-state index is 0.169. The average Bonchev–Trinajstić information content (AvgIpc) is 3.12. The maximum absolute atomic E-state index is 8.75. The Morgan fingerprint density at radius 2 is 2.04 bits per heavy atom. The number of imidazole rings is 1. The molecule has 2 aromatic carbocycles. The summed E-state index contributed by atoms with van der Waals surface area (Å²) in [4.78, 5) is 13.4. The molecule has 1 aliphatic heterocycles. The molecule has 1 fully saturated rings. The van der Waals surface area contributed by atoms with E-state index >= 15 is 0 Å². The summed E-state index contributed by atoms with van der Waals surface area (Å²) in [6.45, 7) is 2.05. The quantitative estimate of drug-likeness (QED) is 0.405. The summed E-state index contributed by atoms with van der Waals surface area (Å²) in [5.41, 5.74) is 12.1. The molecule has 4 rings (SSSR count). The highest BCUT2D eigenvalue weighted by Crippen LogP contribution is 2.31. The third kappa shape index (κ3) is 3.95. The number of hydrogen-bond acceptors (Lipinski definition) is 4. The second kappa shape index (κ2) is 7.80. The molecule has 3 aromatic rings. The zero-order valence-electron chi connectivity index (χ0n) is 15.2. The molecule has 0 saturated carbocycles. The first kappa shape index (κ1) is 17.5. The van der Waals surface area contributed by atoms with Crippen molar-refractivity contribution in [2.75, 3.05) is 20.1 Å². The number of fused-ring (bicyclic) bond motifs is 1. The zero-order chi connectivity index (χ0) is 18.6. The summed E-state index contributed by atoms with van der Waals surface area (Å²) in [6, 6.07) is 15.5. The molecular weight excluding hydrogens is 340 g/mol. The van der Waals surface area contributed by atoms with Crippen LogP contribution in [0.5, 0.6) is 0 Å². The van der Waals surface area contributed by atoms with Gasteiger partial charge in [0.2, 0.25) is 0 Å². The number of likely N-dealkylation sites (tertiary alicyclic amines) is 1. The highest BCUT2D eigenvalue weighted by atomic mass is 16.5. The van der Waals surface area contributed by atoms with Gasteiger partial charge in [-0.05, 0) is 49.2 Å². The van der Waals surface area contributed by atoms with E-state index in [4.69, 9.17) is 15.3 Å². The van der Waals surface area contributed by atoms with E-state index in [1.54, 1.807) is 6.07 Å². The number of aromatic amines is 1. The first-order valence-corrected chi connectivity index (χ1v) is 9.16. The lowest BCUT2D eigenvalue weighted by atomic mass is 10.1. The highest BCUT2D eigenvalue weighted by molar-refractivity contribution is 5.74. The van der Waals surface area contributed by atoms with Gasteiger partial charge in [0.1, 0.15) is 11.9 Å². The Balaban J connectivity index is 1.70. The number of azide groups is 1. The molecule has 0 amide bonds. The summed E-state index contributed by atoms with van der Waals surface area (Å²) < 4.78 is 6.52. The standard InChI is InChI=1S/C20H22N6O/c1-26-11-9-16(10-12-26)27-19(14-5-4-6-15(13-14)24-25-21)20-22-17-7-2-3-8-18(17)23-20/h2-8,13,16,19H,9-12H2,1H3,(H,22,23). The first-order chi connectivity index (χ1) is 13.2. The number of aromatic nitrogens is 2. The molecule has 1 aliphatic rings. The average molecular weight is 362 g/mol. The predicted octanol–water partition coefficient (Wildman–Crippen LogP) is 4.70. The number of piperidine rings is 1. The highest BCUT2D eigenvalue weighted by Gasteiger charge is 2.26. The number of para-hydroxylation sites is 2. The molecule has 7 heteroatoms. The third-order valence-electron chi connectivity index (χ3n) is 4.98. The summed E-state index contributed by atoms with van der Waals surface area (Å²) in [6.07, 6.45) is 1.81. The molecule has 0 aliphatic carbocycles. The van der Waals surface area contributed by atoms with E-state index in [9.17, 15) is 0 Å². The molecule has 1 atom stereocenters. The van der Waals surface area contributed by atoms with Gasteiger partial charge in [-0.1, -0.05) is 35.4 Å². The van der Waals surface area contributed by atoms with Crippen molar-refractivity contribution in [3.8, 4) is 0 Å². The molecule has 1 aromatic heterocycles. The Hall–Kier alpha value is -2.86. The molecule has 0 bridgehead atoms. The van der Waals surface area contributed by atoms with Crippen LogP contribution in [0.1, 0.15) is 30.3 Å². The minimum Gasteiger partial charge on any atom is -0.362 e. The van der Waals surface area contributed by atoms with Crippen LogP contribution < -0.4 is 0 Å². The van der Waals surface area contributed by atoms with Gasteiger partial charge < -0.3 is 14.6 Å². The van der Waals surface area contributed by atoms with Crippen LogP contribution in [-0.2, 0) is 4.74 Å². The second-order valence-corrected chi connectivity index (χ2v) is 6.94. The Labute approximate surface area is 157 Å². The van der Waals surface area contributed by atoms with Crippen LogP contribution in [-0.4, -0.2) is 41.1 Å². The monoisotopic (exact) mass is 362 g/mol. The predicted molar refractivity (Wildman–Crippen MR) is 105 cm³/mol. The fourth-order valence-electron chi connectivity index (χ4n) is 3.51. The molecule has 1 N–H and O–H groups in total.